The number of hydrogen-bond acceptors (Lipinski definition) is 6. The molecular formula is C17H21ClN4O2. The number of hydrogen-bond donors (Lipinski definition) is 2. The highest BCUT2D eigenvalue weighted by molar-refractivity contribution is 6.33. The molecule has 128 valence electrons. The van der Waals surface area contributed by atoms with E-state index in [0.717, 1.165) is 12.0 Å². The van der Waals surface area contributed by atoms with Crippen LogP contribution in [0.15, 0.2) is 18.2 Å². The Hall–Kier alpha value is -2.34. The molecular weight excluding hydrogens is 328 g/mol. The minimum absolute atomic E-state index is 0.285. The van der Waals surface area contributed by atoms with E-state index < -0.39 is 0 Å². The lowest BCUT2D eigenvalue weighted by Crippen LogP contribution is -2.10. The Bertz CT molecular complexity index is 750. The van der Waals surface area contributed by atoms with Gasteiger partial charge >= 0.3 is 0 Å². The molecule has 24 heavy (non-hydrogen) atoms. The first-order valence-electron chi connectivity index (χ1n) is 7.61. The third-order valence-electron chi connectivity index (χ3n) is 3.54. The summed E-state index contributed by atoms with van der Waals surface area (Å²) in [5.41, 5.74) is 2.25. The molecule has 0 atom stereocenters. The van der Waals surface area contributed by atoms with Gasteiger partial charge in [0.15, 0.2) is 22.5 Å². The lowest BCUT2D eigenvalue weighted by molar-refractivity contribution is 0.355. The zero-order chi connectivity index (χ0) is 17.7. The molecule has 7 heteroatoms. The second-order valence-corrected chi connectivity index (χ2v) is 5.47. The fourth-order valence-corrected chi connectivity index (χ4v) is 2.61. The van der Waals surface area contributed by atoms with E-state index >= 15 is 0 Å². The summed E-state index contributed by atoms with van der Waals surface area (Å²) in [5, 5.41) is 11.5. The van der Waals surface area contributed by atoms with E-state index in [9.17, 15) is 0 Å². The highest BCUT2D eigenvalue weighted by atomic mass is 35.5. The predicted octanol–water partition coefficient (Wildman–Crippen LogP) is 4.02. The highest BCUT2D eigenvalue weighted by Gasteiger charge is 2.17. The second-order valence-electron chi connectivity index (χ2n) is 5.11. The molecule has 0 saturated heterocycles. The molecule has 0 fully saturated rings. The van der Waals surface area contributed by atoms with Gasteiger partial charge in [-0.25, -0.2) is 9.97 Å². The molecule has 1 aromatic carbocycles. The number of aromatic nitrogens is 2. The number of ether oxygens (including phenoxy) is 2. The molecule has 0 aliphatic carbocycles. The minimum atomic E-state index is 0.285. The fourth-order valence-electron chi connectivity index (χ4n) is 2.35. The Morgan fingerprint density at radius 1 is 1.21 bits per heavy atom. The number of halogens is 1. The zero-order valence-corrected chi connectivity index (χ0v) is 15.0. The summed E-state index contributed by atoms with van der Waals surface area (Å²) in [4.78, 5) is 8.89. The number of rotatable bonds is 7. The first kappa shape index (κ1) is 18.0. The van der Waals surface area contributed by atoms with Crippen molar-refractivity contribution in [3.63, 3.8) is 0 Å². The maximum atomic E-state index is 8.24. The number of benzene rings is 1. The topological polar surface area (TPSA) is 80.1 Å². The summed E-state index contributed by atoms with van der Waals surface area (Å²) in [5.74, 6) is 1.64. The van der Waals surface area contributed by atoms with Gasteiger partial charge in [-0.2, -0.15) is 0 Å². The van der Waals surface area contributed by atoms with Crippen LogP contribution in [0, 0.1) is 5.41 Å². The average molecular weight is 349 g/mol. The highest BCUT2D eigenvalue weighted by Crippen LogP contribution is 2.33. The third kappa shape index (κ3) is 3.59. The molecule has 2 aromatic rings. The normalized spacial score (nSPS) is 10.4. The fraction of sp³-hybridized carbons (Fsp3) is 0.353. The van der Waals surface area contributed by atoms with Gasteiger partial charge < -0.3 is 20.2 Å². The van der Waals surface area contributed by atoms with E-state index in [2.05, 4.69) is 15.3 Å². The van der Waals surface area contributed by atoms with E-state index in [1.807, 2.05) is 13.0 Å². The molecule has 6 nitrogen and oxygen atoms in total. The molecule has 0 unspecified atom stereocenters. The van der Waals surface area contributed by atoms with Gasteiger partial charge in [-0.05, 0) is 24.6 Å². The predicted molar refractivity (Wildman–Crippen MR) is 96.9 cm³/mol. The van der Waals surface area contributed by atoms with Crippen molar-refractivity contribution >= 4 is 23.0 Å². The lowest BCUT2D eigenvalue weighted by atomic mass is 10.1. The van der Waals surface area contributed by atoms with Crippen LogP contribution in [-0.2, 0) is 0 Å². The molecule has 0 saturated carbocycles. The van der Waals surface area contributed by atoms with Gasteiger partial charge in [0.25, 0.3) is 0 Å². The monoisotopic (exact) mass is 348 g/mol. The van der Waals surface area contributed by atoms with Gasteiger partial charge in [-0.15, -0.1) is 0 Å². The summed E-state index contributed by atoms with van der Waals surface area (Å²) in [6.45, 7) is 2.02. The van der Waals surface area contributed by atoms with Gasteiger partial charge in [0.2, 0.25) is 0 Å². The first-order valence-corrected chi connectivity index (χ1v) is 7.98. The smallest absolute Gasteiger partial charge is 0.161 e. The first-order chi connectivity index (χ1) is 11.5. The van der Waals surface area contributed by atoms with Gasteiger partial charge in [-0.3, -0.25) is 0 Å². The van der Waals surface area contributed by atoms with Crippen LogP contribution in [0.1, 0.15) is 25.5 Å². The maximum Gasteiger partial charge on any atom is 0.161 e. The van der Waals surface area contributed by atoms with Crippen molar-refractivity contribution in [2.75, 3.05) is 26.6 Å². The molecule has 0 aliphatic rings. The summed E-state index contributed by atoms with van der Waals surface area (Å²) in [7, 11) is 4.89. The van der Waals surface area contributed by atoms with Crippen LogP contribution in [0.25, 0.3) is 11.4 Å². The van der Waals surface area contributed by atoms with Gasteiger partial charge in [0.05, 0.1) is 25.6 Å². The quantitative estimate of drug-likeness (QED) is 0.583. The number of anilines is 1. The second kappa shape index (κ2) is 7.97. The van der Waals surface area contributed by atoms with Crippen molar-refractivity contribution in [1.82, 2.24) is 9.97 Å². The van der Waals surface area contributed by atoms with Gasteiger partial charge in [0.1, 0.15) is 5.69 Å². The van der Waals surface area contributed by atoms with Crippen molar-refractivity contribution in [3.8, 4) is 22.9 Å². The molecule has 2 rings (SSSR count). The summed E-state index contributed by atoms with van der Waals surface area (Å²) in [6.07, 6.45) is 1.47. The standard InChI is InChI=1S/C17H21ClN4O2/c1-5-6-11(19)14-15(20-2)16(18)22-17(21-14)10-7-8-12(23-3)13(9-10)24-4/h7-9,19-20H,5-6H2,1-4H3. The molecule has 0 radical (unpaired) electrons. The average Bonchev–Trinajstić information content (AvgIpc) is 2.60. The van der Waals surface area contributed by atoms with Crippen molar-refractivity contribution in [3.05, 3.63) is 29.0 Å². The van der Waals surface area contributed by atoms with Crippen LogP contribution in [-0.4, -0.2) is 36.9 Å². The molecule has 1 heterocycles. The molecule has 0 spiro atoms. The van der Waals surface area contributed by atoms with Crippen LogP contribution in [0.2, 0.25) is 5.15 Å². The van der Waals surface area contributed by atoms with Crippen LogP contribution < -0.4 is 14.8 Å². The summed E-state index contributed by atoms with van der Waals surface area (Å²) < 4.78 is 10.6. The van der Waals surface area contributed by atoms with E-state index in [1.54, 1.807) is 33.4 Å². The van der Waals surface area contributed by atoms with Crippen LogP contribution in [0.4, 0.5) is 5.69 Å². The van der Waals surface area contributed by atoms with E-state index in [4.69, 9.17) is 26.5 Å². The molecule has 0 aliphatic heterocycles. The lowest BCUT2D eigenvalue weighted by Gasteiger charge is -2.13. The van der Waals surface area contributed by atoms with Crippen LogP contribution >= 0.6 is 11.6 Å². The number of methoxy groups -OCH3 is 2. The third-order valence-corrected chi connectivity index (χ3v) is 3.82. The summed E-state index contributed by atoms with van der Waals surface area (Å²) >= 11 is 6.29. The van der Waals surface area contributed by atoms with E-state index in [-0.39, 0.29) is 5.15 Å². The largest absolute Gasteiger partial charge is 0.493 e. The van der Waals surface area contributed by atoms with Crippen molar-refractivity contribution in [2.45, 2.75) is 19.8 Å². The number of nitrogens with zero attached hydrogens (tertiary/aromatic N) is 2. The summed E-state index contributed by atoms with van der Waals surface area (Å²) in [6, 6.07) is 5.41. The minimum Gasteiger partial charge on any atom is -0.493 e. The van der Waals surface area contributed by atoms with E-state index in [0.29, 0.717) is 40.8 Å². The van der Waals surface area contributed by atoms with Crippen molar-refractivity contribution in [1.29, 1.82) is 5.41 Å². The SMILES string of the molecule is CCCC(=N)c1nc(-c2ccc(OC)c(OC)c2)nc(Cl)c1NC. The Morgan fingerprint density at radius 2 is 1.92 bits per heavy atom. The van der Waals surface area contributed by atoms with E-state index in [1.165, 1.54) is 0 Å². The Morgan fingerprint density at radius 3 is 2.50 bits per heavy atom. The molecule has 2 N–H and O–H groups in total. The van der Waals surface area contributed by atoms with Crippen LogP contribution in [0.3, 0.4) is 0 Å². The maximum absolute atomic E-state index is 8.24. The Balaban J connectivity index is 2.57. The van der Waals surface area contributed by atoms with Crippen molar-refractivity contribution < 1.29 is 9.47 Å². The Labute approximate surface area is 146 Å². The number of nitrogens with one attached hydrogen (secondary N) is 2. The molecule has 1 aromatic heterocycles. The molecule has 0 amide bonds. The van der Waals surface area contributed by atoms with Gasteiger partial charge in [0, 0.05) is 12.6 Å². The van der Waals surface area contributed by atoms with Gasteiger partial charge in [-0.1, -0.05) is 24.9 Å². The Kier molecular flexibility index (Phi) is 5.98. The van der Waals surface area contributed by atoms with Crippen LogP contribution in [0.5, 0.6) is 11.5 Å². The molecule has 0 bridgehead atoms. The zero-order valence-electron chi connectivity index (χ0n) is 14.2. The van der Waals surface area contributed by atoms with Crippen molar-refractivity contribution in [2.24, 2.45) is 0 Å².